The number of esters is 2. The highest BCUT2D eigenvalue weighted by Crippen LogP contribution is 2.50. The topological polar surface area (TPSA) is 65.1 Å². The van der Waals surface area contributed by atoms with Crippen LogP contribution in [0.5, 0.6) is 0 Å². The van der Waals surface area contributed by atoms with Crippen molar-refractivity contribution in [2.45, 2.75) is 63.9 Å². The Morgan fingerprint density at radius 3 is 2.91 bits per heavy atom. The molecule has 2 heterocycles. The number of rotatable bonds is 1. The minimum absolute atomic E-state index is 0.148. The Labute approximate surface area is 130 Å². The Kier molecular flexibility index (Phi) is 3.63. The van der Waals surface area contributed by atoms with E-state index in [0.717, 1.165) is 18.4 Å². The van der Waals surface area contributed by atoms with E-state index in [1.807, 2.05) is 13.8 Å². The lowest BCUT2D eigenvalue weighted by molar-refractivity contribution is -0.150. The number of allylic oxidation sites excluding steroid dienone is 1. The van der Waals surface area contributed by atoms with Crippen molar-refractivity contribution >= 4 is 11.9 Å². The van der Waals surface area contributed by atoms with Crippen LogP contribution < -0.4 is 0 Å². The SMILES string of the molecule is C=C1C(=O)O[C@@H]2C3O[C@]3(C)CC/C=C(\C)C[C@@H](OC(C)=O)[C@@H]12. The maximum atomic E-state index is 12.0. The first-order chi connectivity index (χ1) is 10.3. The molecule has 0 aromatic rings. The molecule has 0 amide bonds. The first-order valence-electron chi connectivity index (χ1n) is 7.72. The molecule has 2 fully saturated rings. The summed E-state index contributed by atoms with van der Waals surface area (Å²) in [5, 5.41) is 0. The quantitative estimate of drug-likeness (QED) is 0.322. The maximum Gasteiger partial charge on any atom is 0.334 e. The number of epoxide rings is 1. The van der Waals surface area contributed by atoms with Crippen molar-refractivity contribution in [3.8, 4) is 0 Å². The van der Waals surface area contributed by atoms with Gasteiger partial charge in [-0.1, -0.05) is 18.2 Å². The summed E-state index contributed by atoms with van der Waals surface area (Å²) in [5.41, 5.74) is 1.24. The summed E-state index contributed by atoms with van der Waals surface area (Å²) in [6, 6.07) is 0. The third-order valence-corrected chi connectivity index (χ3v) is 4.88. The molecule has 120 valence electrons. The molecule has 2 aliphatic heterocycles. The molecule has 0 bridgehead atoms. The summed E-state index contributed by atoms with van der Waals surface area (Å²) >= 11 is 0. The van der Waals surface area contributed by atoms with Gasteiger partial charge in [-0.3, -0.25) is 4.79 Å². The van der Waals surface area contributed by atoms with Crippen molar-refractivity contribution in [1.29, 1.82) is 0 Å². The lowest BCUT2D eigenvalue weighted by atomic mass is 9.82. The number of hydrogen-bond donors (Lipinski definition) is 0. The highest BCUT2D eigenvalue weighted by molar-refractivity contribution is 5.91. The fraction of sp³-hybridized carbons (Fsp3) is 0.647. The van der Waals surface area contributed by atoms with E-state index in [9.17, 15) is 9.59 Å². The predicted molar refractivity (Wildman–Crippen MR) is 79.0 cm³/mol. The van der Waals surface area contributed by atoms with Crippen molar-refractivity contribution in [2.24, 2.45) is 5.92 Å². The maximum absolute atomic E-state index is 12.0. The van der Waals surface area contributed by atoms with Crippen LogP contribution in [0.2, 0.25) is 0 Å². The van der Waals surface area contributed by atoms with Gasteiger partial charge in [-0.15, -0.1) is 0 Å². The Balaban J connectivity index is 1.96. The van der Waals surface area contributed by atoms with Gasteiger partial charge in [0, 0.05) is 18.9 Å². The molecule has 3 rings (SSSR count). The molecule has 22 heavy (non-hydrogen) atoms. The van der Waals surface area contributed by atoms with E-state index < -0.39 is 18.2 Å². The second-order valence-corrected chi connectivity index (χ2v) is 6.71. The van der Waals surface area contributed by atoms with Crippen molar-refractivity contribution < 1.29 is 23.8 Å². The largest absolute Gasteiger partial charge is 0.461 e. The molecule has 0 spiro atoms. The molecule has 5 nitrogen and oxygen atoms in total. The van der Waals surface area contributed by atoms with Gasteiger partial charge in [0.2, 0.25) is 0 Å². The van der Waals surface area contributed by atoms with E-state index in [2.05, 4.69) is 12.7 Å². The third-order valence-electron chi connectivity index (χ3n) is 4.88. The second-order valence-electron chi connectivity index (χ2n) is 6.71. The number of carbonyl (C=O) groups excluding carboxylic acids is 2. The van der Waals surface area contributed by atoms with Gasteiger partial charge in [0.25, 0.3) is 0 Å². The molecule has 0 aromatic carbocycles. The molecular formula is C17H22O5. The van der Waals surface area contributed by atoms with Crippen LogP contribution in [0.15, 0.2) is 23.8 Å². The number of fused-ring (bicyclic) bond motifs is 3. The van der Waals surface area contributed by atoms with Gasteiger partial charge in [0.15, 0.2) is 0 Å². The Morgan fingerprint density at radius 1 is 1.50 bits per heavy atom. The molecule has 5 atom stereocenters. The van der Waals surface area contributed by atoms with Crippen LogP contribution in [0.3, 0.4) is 0 Å². The van der Waals surface area contributed by atoms with Crippen LogP contribution in [0.4, 0.5) is 0 Å². The Morgan fingerprint density at radius 2 is 2.23 bits per heavy atom. The van der Waals surface area contributed by atoms with E-state index in [1.54, 1.807) is 0 Å². The van der Waals surface area contributed by atoms with Crippen LogP contribution in [-0.4, -0.2) is 35.9 Å². The first kappa shape index (κ1) is 15.3. The zero-order valence-corrected chi connectivity index (χ0v) is 13.3. The summed E-state index contributed by atoms with van der Waals surface area (Å²) in [6.07, 6.45) is 3.52. The number of carbonyl (C=O) groups is 2. The van der Waals surface area contributed by atoms with Gasteiger partial charge in [-0.05, 0) is 26.7 Å². The fourth-order valence-corrected chi connectivity index (χ4v) is 3.63. The van der Waals surface area contributed by atoms with Crippen molar-refractivity contribution in [3.63, 3.8) is 0 Å². The summed E-state index contributed by atoms with van der Waals surface area (Å²) in [6.45, 7) is 9.30. The lowest BCUT2D eigenvalue weighted by Crippen LogP contribution is -2.38. The minimum atomic E-state index is -0.441. The molecule has 0 aromatic heterocycles. The minimum Gasteiger partial charge on any atom is -0.461 e. The number of hydrogen-bond acceptors (Lipinski definition) is 5. The second kappa shape index (κ2) is 5.23. The molecule has 2 saturated heterocycles. The highest BCUT2D eigenvalue weighted by atomic mass is 16.6. The molecule has 0 saturated carbocycles. The van der Waals surface area contributed by atoms with Crippen LogP contribution in [0.25, 0.3) is 0 Å². The molecule has 3 aliphatic rings. The molecule has 1 aliphatic carbocycles. The first-order valence-corrected chi connectivity index (χ1v) is 7.72. The highest BCUT2D eigenvalue weighted by Gasteiger charge is 2.63. The lowest BCUT2D eigenvalue weighted by Gasteiger charge is -2.27. The zero-order chi connectivity index (χ0) is 16.1. The molecular weight excluding hydrogens is 284 g/mol. The zero-order valence-electron chi connectivity index (χ0n) is 13.3. The molecule has 0 N–H and O–H groups in total. The average Bonchev–Trinajstić information content (AvgIpc) is 2.98. The third kappa shape index (κ3) is 2.58. The summed E-state index contributed by atoms with van der Waals surface area (Å²) in [5.74, 6) is -1.12. The smallest absolute Gasteiger partial charge is 0.334 e. The average molecular weight is 306 g/mol. The fourth-order valence-electron chi connectivity index (χ4n) is 3.63. The van der Waals surface area contributed by atoms with Gasteiger partial charge >= 0.3 is 11.9 Å². The van der Waals surface area contributed by atoms with Gasteiger partial charge in [0.1, 0.15) is 18.3 Å². The van der Waals surface area contributed by atoms with Crippen LogP contribution in [-0.2, 0) is 23.8 Å². The van der Waals surface area contributed by atoms with Gasteiger partial charge in [-0.2, -0.15) is 0 Å². The van der Waals surface area contributed by atoms with Gasteiger partial charge < -0.3 is 14.2 Å². The predicted octanol–water partition coefficient (Wildman–Crippen LogP) is 2.30. The molecule has 5 heteroatoms. The van der Waals surface area contributed by atoms with Crippen molar-refractivity contribution in [1.82, 2.24) is 0 Å². The van der Waals surface area contributed by atoms with Crippen LogP contribution >= 0.6 is 0 Å². The Bertz CT molecular complexity index is 563. The van der Waals surface area contributed by atoms with E-state index in [1.165, 1.54) is 6.92 Å². The van der Waals surface area contributed by atoms with Crippen LogP contribution in [0, 0.1) is 5.92 Å². The van der Waals surface area contributed by atoms with E-state index >= 15 is 0 Å². The Hall–Kier alpha value is -1.62. The van der Waals surface area contributed by atoms with Gasteiger partial charge in [-0.25, -0.2) is 4.79 Å². The summed E-state index contributed by atoms with van der Waals surface area (Å²) < 4.78 is 16.8. The monoisotopic (exact) mass is 306 g/mol. The normalized spacial score (nSPS) is 43.3. The number of ether oxygens (including phenoxy) is 3. The standard InChI is InChI=1S/C17H22O5/c1-9-6-5-7-17(4)15(22-17)14-13(10(2)16(19)21-14)12(8-9)20-11(3)18/h6,12-15H,2,5,7-8H2,1,3-4H3/b9-6+/t12-,13-,14+,15?,17-/m1/s1. The van der Waals surface area contributed by atoms with E-state index in [0.29, 0.717) is 12.0 Å². The van der Waals surface area contributed by atoms with E-state index in [-0.39, 0.29) is 23.6 Å². The van der Waals surface area contributed by atoms with Crippen molar-refractivity contribution in [3.05, 3.63) is 23.8 Å². The molecule has 0 radical (unpaired) electrons. The van der Waals surface area contributed by atoms with E-state index in [4.69, 9.17) is 14.2 Å². The molecule has 1 unspecified atom stereocenters. The summed E-state index contributed by atoms with van der Waals surface area (Å²) in [7, 11) is 0. The van der Waals surface area contributed by atoms with Crippen LogP contribution in [0.1, 0.15) is 40.0 Å². The summed E-state index contributed by atoms with van der Waals surface area (Å²) in [4.78, 5) is 23.5. The van der Waals surface area contributed by atoms with Crippen molar-refractivity contribution in [2.75, 3.05) is 0 Å². The van der Waals surface area contributed by atoms with Gasteiger partial charge in [0.05, 0.1) is 11.5 Å².